The van der Waals surface area contributed by atoms with Gasteiger partial charge in [0.2, 0.25) is 0 Å². The normalized spacial score (nSPS) is 18.7. The fourth-order valence-electron chi connectivity index (χ4n) is 3.30. The molecule has 0 aliphatic carbocycles. The van der Waals surface area contributed by atoms with Crippen LogP contribution >= 0.6 is 0 Å². The Morgan fingerprint density at radius 1 is 1.39 bits per heavy atom. The molecule has 0 radical (unpaired) electrons. The molecule has 1 aromatic heterocycles. The lowest BCUT2D eigenvalue weighted by Gasteiger charge is -2.20. The van der Waals surface area contributed by atoms with Crippen molar-refractivity contribution >= 4 is 5.91 Å². The summed E-state index contributed by atoms with van der Waals surface area (Å²) in [5.74, 6) is 6.11. The van der Waals surface area contributed by atoms with Crippen molar-refractivity contribution < 1.29 is 9.53 Å². The Kier molecular flexibility index (Phi) is 5.53. The minimum absolute atomic E-state index is 0.208. The van der Waals surface area contributed by atoms with E-state index in [0.29, 0.717) is 12.3 Å². The molecule has 1 saturated heterocycles. The van der Waals surface area contributed by atoms with Gasteiger partial charge in [0, 0.05) is 37.5 Å². The number of carbonyl (C=O) groups excluding carboxylic acids is 1. The number of aromatic nitrogens is 1. The van der Waals surface area contributed by atoms with E-state index in [2.05, 4.69) is 35.2 Å². The number of nitrogens with two attached hydrogens (primary N) is 1. The van der Waals surface area contributed by atoms with Gasteiger partial charge >= 0.3 is 0 Å². The quantitative estimate of drug-likeness (QED) is 0.834. The maximum Gasteiger partial charge on any atom is 0.267 e. The zero-order chi connectivity index (χ0) is 20.3. The first-order valence-electron chi connectivity index (χ1n) is 9.16. The molecule has 28 heavy (non-hydrogen) atoms. The summed E-state index contributed by atoms with van der Waals surface area (Å²) in [6.07, 6.45) is 0.970. The zero-order valence-corrected chi connectivity index (χ0v) is 16.6. The summed E-state index contributed by atoms with van der Waals surface area (Å²) in [6.45, 7) is 7.65. The van der Waals surface area contributed by atoms with Crippen LogP contribution in [0.2, 0.25) is 0 Å². The largest absolute Gasteiger partial charge is 0.380 e. The molecule has 0 spiro atoms. The van der Waals surface area contributed by atoms with E-state index in [4.69, 9.17) is 10.5 Å². The van der Waals surface area contributed by atoms with Crippen molar-refractivity contribution in [1.82, 2.24) is 9.88 Å². The molecule has 1 aliphatic rings. The predicted octanol–water partition coefficient (Wildman–Crippen LogP) is 3.20. The Bertz CT molecular complexity index is 987. The summed E-state index contributed by atoms with van der Waals surface area (Å²) < 4.78 is 5.19. The molecule has 1 aromatic carbocycles. The van der Waals surface area contributed by atoms with E-state index in [1.807, 2.05) is 37.4 Å². The molecule has 5 heteroatoms. The summed E-state index contributed by atoms with van der Waals surface area (Å²) in [6, 6.07) is 11.4. The van der Waals surface area contributed by atoms with E-state index >= 15 is 0 Å². The molecule has 1 amide bonds. The van der Waals surface area contributed by atoms with Gasteiger partial charge in [-0.15, -0.1) is 0 Å². The second kappa shape index (κ2) is 7.87. The van der Waals surface area contributed by atoms with Gasteiger partial charge in [-0.3, -0.25) is 4.79 Å². The predicted molar refractivity (Wildman–Crippen MR) is 110 cm³/mol. The summed E-state index contributed by atoms with van der Waals surface area (Å²) in [5, 5.41) is 0. The first-order valence-corrected chi connectivity index (χ1v) is 9.16. The molecule has 1 atom stereocenters. The zero-order valence-electron chi connectivity index (χ0n) is 16.6. The number of methoxy groups -OCH3 is 1. The molecule has 2 aromatic rings. The van der Waals surface area contributed by atoms with Crippen molar-refractivity contribution in [3.63, 3.8) is 0 Å². The highest BCUT2D eigenvalue weighted by molar-refractivity contribution is 5.91. The number of amides is 1. The number of carbonyl (C=O) groups is 1. The van der Waals surface area contributed by atoms with E-state index in [1.54, 1.807) is 13.2 Å². The first kappa shape index (κ1) is 19.7. The van der Waals surface area contributed by atoms with E-state index in [1.165, 1.54) is 0 Å². The Labute approximate surface area is 166 Å². The monoisotopic (exact) mass is 375 g/mol. The van der Waals surface area contributed by atoms with Crippen molar-refractivity contribution in [1.29, 1.82) is 0 Å². The maximum atomic E-state index is 11.6. The SMILES string of the molecule is C=C1N(C)CC[C@@]1(C)C#Cc1cccc(-c2cc(COC)cc(C(N)=O)n2)c1. The Morgan fingerprint density at radius 3 is 2.82 bits per heavy atom. The Morgan fingerprint density at radius 2 is 2.18 bits per heavy atom. The van der Waals surface area contributed by atoms with Crippen LogP contribution in [0.1, 0.15) is 35.0 Å². The fraction of sp³-hybridized carbons (Fsp3) is 0.304. The summed E-state index contributed by atoms with van der Waals surface area (Å²) in [4.78, 5) is 18.2. The van der Waals surface area contributed by atoms with Crippen LogP contribution in [-0.4, -0.2) is 36.5 Å². The molecule has 5 nitrogen and oxygen atoms in total. The summed E-state index contributed by atoms with van der Waals surface area (Å²) in [5.41, 5.74) is 9.78. The van der Waals surface area contributed by atoms with Crippen molar-refractivity contribution in [2.75, 3.05) is 20.7 Å². The summed E-state index contributed by atoms with van der Waals surface area (Å²) in [7, 11) is 3.65. The van der Waals surface area contributed by atoms with E-state index in [-0.39, 0.29) is 11.1 Å². The number of likely N-dealkylation sites (tertiary alicyclic amines) is 1. The van der Waals surface area contributed by atoms with Gasteiger partial charge in [-0.05, 0) is 43.2 Å². The number of benzene rings is 1. The van der Waals surface area contributed by atoms with Gasteiger partial charge in [0.1, 0.15) is 5.69 Å². The number of pyridine rings is 1. The van der Waals surface area contributed by atoms with Gasteiger partial charge in [0.15, 0.2) is 0 Å². The van der Waals surface area contributed by atoms with E-state index in [9.17, 15) is 4.79 Å². The van der Waals surface area contributed by atoms with Crippen LogP contribution in [0.4, 0.5) is 0 Å². The molecule has 2 N–H and O–H groups in total. The van der Waals surface area contributed by atoms with Crippen LogP contribution in [0.15, 0.2) is 48.7 Å². The van der Waals surface area contributed by atoms with E-state index < -0.39 is 5.91 Å². The lowest BCUT2D eigenvalue weighted by molar-refractivity contribution is 0.0995. The third kappa shape index (κ3) is 4.08. The van der Waals surface area contributed by atoms with Crippen LogP contribution < -0.4 is 5.73 Å². The molecule has 0 bridgehead atoms. The highest BCUT2D eigenvalue weighted by Gasteiger charge is 2.34. The number of nitrogens with zero attached hydrogens (tertiary/aromatic N) is 2. The van der Waals surface area contributed by atoms with Crippen LogP contribution in [0, 0.1) is 17.3 Å². The highest BCUT2D eigenvalue weighted by Crippen LogP contribution is 2.37. The molecule has 1 fully saturated rings. The minimum atomic E-state index is -0.563. The molecular formula is C23H25N3O2. The smallest absolute Gasteiger partial charge is 0.267 e. The fourth-order valence-corrected chi connectivity index (χ4v) is 3.30. The van der Waals surface area contributed by atoms with Crippen LogP contribution in [0.3, 0.4) is 0 Å². The van der Waals surface area contributed by atoms with Gasteiger partial charge in [-0.2, -0.15) is 0 Å². The lowest BCUT2D eigenvalue weighted by atomic mass is 9.87. The second-order valence-electron chi connectivity index (χ2n) is 7.32. The third-order valence-corrected chi connectivity index (χ3v) is 5.13. The topological polar surface area (TPSA) is 68.5 Å². The molecule has 144 valence electrons. The maximum absolute atomic E-state index is 11.6. The van der Waals surface area contributed by atoms with Crippen molar-refractivity contribution in [2.45, 2.75) is 20.0 Å². The number of rotatable bonds is 4. The molecule has 1 aliphatic heterocycles. The number of hydrogen-bond donors (Lipinski definition) is 1. The van der Waals surface area contributed by atoms with Gasteiger partial charge in [0.05, 0.1) is 17.7 Å². The number of hydrogen-bond acceptors (Lipinski definition) is 4. The average Bonchev–Trinajstić information content (AvgIpc) is 2.95. The van der Waals surface area contributed by atoms with Gasteiger partial charge in [-0.25, -0.2) is 4.98 Å². The second-order valence-corrected chi connectivity index (χ2v) is 7.32. The molecule has 0 saturated carbocycles. The minimum Gasteiger partial charge on any atom is -0.380 e. The van der Waals surface area contributed by atoms with Gasteiger partial charge in [0.25, 0.3) is 5.91 Å². The van der Waals surface area contributed by atoms with Crippen LogP contribution in [-0.2, 0) is 11.3 Å². The third-order valence-electron chi connectivity index (χ3n) is 5.13. The van der Waals surface area contributed by atoms with Crippen molar-refractivity contribution in [3.8, 4) is 23.1 Å². The van der Waals surface area contributed by atoms with Gasteiger partial charge < -0.3 is 15.4 Å². The van der Waals surface area contributed by atoms with Crippen LogP contribution in [0.25, 0.3) is 11.3 Å². The Hall–Kier alpha value is -3.10. The Balaban J connectivity index is 1.96. The average molecular weight is 375 g/mol. The lowest BCUT2D eigenvalue weighted by Crippen LogP contribution is -2.16. The van der Waals surface area contributed by atoms with Crippen LogP contribution in [0.5, 0.6) is 0 Å². The molecular weight excluding hydrogens is 350 g/mol. The number of primary amides is 1. The van der Waals surface area contributed by atoms with E-state index in [0.717, 1.165) is 35.4 Å². The number of allylic oxidation sites excluding steroid dienone is 1. The first-order chi connectivity index (χ1) is 13.3. The standard InChI is InChI=1S/C23H25N3O2/c1-16-23(2,10-11-26(16)3)9-8-17-6-5-7-19(12-17)20-13-18(15-28-4)14-21(25-20)22(24)27/h5-7,12-14H,1,10-11,15H2,2-4H3,(H2,24,27)/t23-/m1/s1. The highest BCUT2D eigenvalue weighted by atomic mass is 16.5. The number of ether oxygens (including phenoxy) is 1. The molecule has 2 heterocycles. The molecule has 3 rings (SSSR count). The van der Waals surface area contributed by atoms with Gasteiger partial charge in [-0.1, -0.05) is 30.6 Å². The molecule has 0 unspecified atom stereocenters. The van der Waals surface area contributed by atoms with Crippen molar-refractivity contribution in [2.24, 2.45) is 11.1 Å². The van der Waals surface area contributed by atoms with Crippen molar-refractivity contribution in [3.05, 3.63) is 65.5 Å². The summed E-state index contributed by atoms with van der Waals surface area (Å²) >= 11 is 0.